The molecule has 8 nitrogen and oxygen atoms in total. The molecule has 2 aromatic carbocycles. The highest BCUT2D eigenvalue weighted by atomic mass is 32.2. The van der Waals surface area contributed by atoms with Crippen molar-refractivity contribution in [2.75, 3.05) is 26.3 Å². The van der Waals surface area contributed by atoms with Crippen molar-refractivity contribution in [2.24, 2.45) is 0 Å². The number of nitro benzene ring substituents is 1. The quantitative estimate of drug-likeness (QED) is 0.554. The fraction of sp³-hybridized carbons (Fsp3) is 0.333. The van der Waals surface area contributed by atoms with Gasteiger partial charge < -0.3 is 9.47 Å². The smallest absolute Gasteiger partial charge is 0.312 e. The third kappa shape index (κ3) is 4.26. The molecule has 144 valence electrons. The van der Waals surface area contributed by atoms with Crippen LogP contribution in [0.25, 0.3) is 0 Å². The van der Waals surface area contributed by atoms with Crippen LogP contribution in [0.5, 0.6) is 5.75 Å². The molecule has 1 heterocycles. The number of hydrogen-bond donors (Lipinski definition) is 0. The molecule has 27 heavy (non-hydrogen) atoms. The van der Waals surface area contributed by atoms with E-state index in [4.69, 9.17) is 9.47 Å². The van der Waals surface area contributed by atoms with Crippen LogP contribution in [0.4, 0.5) is 5.69 Å². The van der Waals surface area contributed by atoms with Crippen molar-refractivity contribution in [1.82, 2.24) is 4.31 Å². The maximum atomic E-state index is 12.7. The van der Waals surface area contributed by atoms with Crippen molar-refractivity contribution >= 4 is 15.7 Å². The summed E-state index contributed by atoms with van der Waals surface area (Å²) >= 11 is 0. The Morgan fingerprint density at radius 1 is 1.15 bits per heavy atom. The molecule has 0 bridgehead atoms. The standard InChI is InChI=1S/C18H20N2O6S/c1-14(15-5-3-2-4-6-15)26-18-8-7-16(13-17(18)20(21)22)27(23,24)19-9-11-25-12-10-19/h2-8,13-14H,9-12H2,1H3/t14-/m1/s1. The first-order valence-corrected chi connectivity index (χ1v) is 9.91. The number of nitrogens with zero attached hydrogens (tertiary/aromatic N) is 2. The number of morpholine rings is 1. The number of ether oxygens (including phenoxy) is 2. The normalized spacial score (nSPS) is 16.6. The van der Waals surface area contributed by atoms with Crippen LogP contribution in [-0.2, 0) is 14.8 Å². The third-order valence-corrected chi connectivity index (χ3v) is 6.20. The zero-order chi connectivity index (χ0) is 19.4. The van der Waals surface area contributed by atoms with Crippen molar-refractivity contribution in [3.05, 3.63) is 64.2 Å². The van der Waals surface area contributed by atoms with E-state index >= 15 is 0 Å². The molecule has 1 aliphatic heterocycles. The predicted octanol–water partition coefficient (Wildman–Crippen LogP) is 2.76. The van der Waals surface area contributed by atoms with Gasteiger partial charge in [-0.2, -0.15) is 4.31 Å². The minimum atomic E-state index is -3.82. The van der Waals surface area contributed by atoms with Crippen LogP contribution in [0.2, 0.25) is 0 Å². The van der Waals surface area contributed by atoms with Crippen molar-refractivity contribution < 1.29 is 22.8 Å². The molecule has 0 N–H and O–H groups in total. The monoisotopic (exact) mass is 392 g/mol. The fourth-order valence-corrected chi connectivity index (χ4v) is 4.25. The van der Waals surface area contributed by atoms with Gasteiger partial charge in [0.15, 0.2) is 5.75 Å². The van der Waals surface area contributed by atoms with E-state index in [0.717, 1.165) is 11.6 Å². The molecule has 1 fully saturated rings. The first-order valence-electron chi connectivity index (χ1n) is 8.47. The van der Waals surface area contributed by atoms with Crippen LogP contribution >= 0.6 is 0 Å². The van der Waals surface area contributed by atoms with E-state index in [1.807, 2.05) is 30.3 Å². The maximum Gasteiger partial charge on any atom is 0.312 e. The number of hydrogen-bond acceptors (Lipinski definition) is 6. The minimum absolute atomic E-state index is 0.0253. The number of benzene rings is 2. The van der Waals surface area contributed by atoms with Crippen molar-refractivity contribution in [1.29, 1.82) is 0 Å². The Balaban J connectivity index is 1.90. The molecule has 1 atom stereocenters. The lowest BCUT2D eigenvalue weighted by molar-refractivity contribution is -0.386. The van der Waals surface area contributed by atoms with E-state index in [-0.39, 0.29) is 29.4 Å². The van der Waals surface area contributed by atoms with Crippen LogP contribution in [-0.4, -0.2) is 43.9 Å². The molecule has 0 spiro atoms. The first kappa shape index (κ1) is 19.3. The van der Waals surface area contributed by atoms with Crippen LogP contribution in [0.15, 0.2) is 53.4 Å². The second-order valence-electron chi connectivity index (χ2n) is 6.07. The van der Waals surface area contributed by atoms with Gasteiger partial charge in [0.2, 0.25) is 10.0 Å². The summed E-state index contributed by atoms with van der Waals surface area (Å²) in [5.74, 6) is 0.0253. The summed E-state index contributed by atoms with van der Waals surface area (Å²) in [5, 5.41) is 11.5. The molecular formula is C18H20N2O6S. The average Bonchev–Trinajstić information content (AvgIpc) is 2.69. The lowest BCUT2D eigenvalue weighted by Crippen LogP contribution is -2.40. The zero-order valence-electron chi connectivity index (χ0n) is 14.8. The lowest BCUT2D eigenvalue weighted by atomic mass is 10.1. The van der Waals surface area contributed by atoms with E-state index in [1.54, 1.807) is 6.92 Å². The summed E-state index contributed by atoms with van der Waals surface area (Å²) in [7, 11) is -3.82. The van der Waals surface area contributed by atoms with Gasteiger partial charge in [-0.1, -0.05) is 30.3 Å². The van der Waals surface area contributed by atoms with E-state index in [2.05, 4.69) is 0 Å². The summed E-state index contributed by atoms with van der Waals surface area (Å²) in [6.45, 7) is 2.82. The summed E-state index contributed by atoms with van der Waals surface area (Å²) in [4.78, 5) is 10.7. The van der Waals surface area contributed by atoms with Gasteiger partial charge in [-0.15, -0.1) is 0 Å². The lowest BCUT2D eigenvalue weighted by Gasteiger charge is -2.26. The van der Waals surface area contributed by atoms with E-state index < -0.39 is 21.1 Å². The second-order valence-corrected chi connectivity index (χ2v) is 8.01. The van der Waals surface area contributed by atoms with Gasteiger partial charge in [-0.3, -0.25) is 10.1 Å². The summed E-state index contributed by atoms with van der Waals surface area (Å²) < 4.78 is 37.6. The topological polar surface area (TPSA) is 99.0 Å². The Bertz CT molecular complexity index is 911. The van der Waals surface area contributed by atoms with E-state index in [9.17, 15) is 18.5 Å². The van der Waals surface area contributed by atoms with E-state index in [0.29, 0.717) is 13.2 Å². The Morgan fingerprint density at radius 3 is 2.44 bits per heavy atom. The molecule has 0 saturated carbocycles. The van der Waals surface area contributed by atoms with Crippen molar-refractivity contribution in [2.45, 2.75) is 17.9 Å². The predicted molar refractivity (Wildman–Crippen MR) is 98.2 cm³/mol. The van der Waals surface area contributed by atoms with Crippen LogP contribution < -0.4 is 4.74 Å². The highest BCUT2D eigenvalue weighted by Crippen LogP contribution is 2.34. The Morgan fingerprint density at radius 2 is 1.81 bits per heavy atom. The van der Waals surface area contributed by atoms with Gasteiger partial charge in [0.25, 0.3) is 0 Å². The largest absolute Gasteiger partial charge is 0.479 e. The minimum Gasteiger partial charge on any atom is -0.479 e. The van der Waals surface area contributed by atoms with Gasteiger partial charge in [-0.25, -0.2) is 8.42 Å². The van der Waals surface area contributed by atoms with Crippen molar-refractivity contribution in [3.63, 3.8) is 0 Å². The number of rotatable bonds is 6. The van der Waals surface area contributed by atoms with Gasteiger partial charge in [0, 0.05) is 19.2 Å². The first-order chi connectivity index (χ1) is 12.9. The molecule has 0 aliphatic carbocycles. The van der Waals surface area contributed by atoms with Gasteiger partial charge >= 0.3 is 5.69 Å². The SMILES string of the molecule is C[C@@H](Oc1ccc(S(=O)(=O)N2CCOCC2)cc1[N+](=O)[O-])c1ccccc1. The third-order valence-electron chi connectivity index (χ3n) is 4.31. The molecule has 0 aromatic heterocycles. The second kappa shape index (κ2) is 8.03. The maximum absolute atomic E-state index is 12.7. The van der Waals surface area contributed by atoms with Gasteiger partial charge in [0.1, 0.15) is 6.10 Å². The van der Waals surface area contributed by atoms with Crippen LogP contribution in [0.1, 0.15) is 18.6 Å². The van der Waals surface area contributed by atoms with Crippen molar-refractivity contribution in [3.8, 4) is 5.75 Å². The molecule has 0 unspecified atom stereocenters. The summed E-state index contributed by atoms with van der Waals surface area (Å²) in [5.41, 5.74) is 0.476. The van der Waals surface area contributed by atoms with Crippen LogP contribution in [0, 0.1) is 10.1 Å². The highest BCUT2D eigenvalue weighted by Gasteiger charge is 2.29. The number of nitro groups is 1. The van der Waals surface area contributed by atoms with Gasteiger partial charge in [0.05, 0.1) is 23.0 Å². The summed E-state index contributed by atoms with van der Waals surface area (Å²) in [6.07, 6.45) is -0.424. The molecule has 1 aliphatic rings. The molecular weight excluding hydrogens is 372 g/mol. The van der Waals surface area contributed by atoms with E-state index in [1.165, 1.54) is 16.4 Å². The molecule has 1 saturated heterocycles. The molecule has 0 amide bonds. The molecule has 0 radical (unpaired) electrons. The number of sulfonamides is 1. The highest BCUT2D eigenvalue weighted by molar-refractivity contribution is 7.89. The Kier molecular flexibility index (Phi) is 5.73. The Hall–Kier alpha value is -2.49. The Labute approximate surface area is 157 Å². The molecule has 2 aromatic rings. The summed E-state index contributed by atoms with van der Waals surface area (Å²) in [6, 6.07) is 13.0. The van der Waals surface area contributed by atoms with Crippen LogP contribution in [0.3, 0.4) is 0 Å². The average molecular weight is 392 g/mol. The molecule has 9 heteroatoms. The zero-order valence-corrected chi connectivity index (χ0v) is 15.6. The van der Waals surface area contributed by atoms with Gasteiger partial charge in [-0.05, 0) is 24.6 Å². The fourth-order valence-electron chi connectivity index (χ4n) is 2.82. The molecule has 3 rings (SSSR count).